The van der Waals surface area contributed by atoms with E-state index in [-0.39, 0.29) is 23.7 Å². The van der Waals surface area contributed by atoms with Gasteiger partial charge < -0.3 is 9.47 Å². The Hall–Kier alpha value is -3.83. The lowest BCUT2D eigenvalue weighted by Gasteiger charge is -2.23. The molecule has 1 aliphatic heterocycles. The van der Waals surface area contributed by atoms with Crippen molar-refractivity contribution in [1.29, 1.82) is 0 Å². The van der Waals surface area contributed by atoms with Crippen LogP contribution in [0.3, 0.4) is 0 Å². The van der Waals surface area contributed by atoms with Gasteiger partial charge in [-0.2, -0.15) is 0 Å². The minimum Gasteiger partial charge on any atom is -0.497 e. The highest BCUT2D eigenvalue weighted by molar-refractivity contribution is 6.31. The Kier molecular flexibility index (Phi) is 5.68. The van der Waals surface area contributed by atoms with Crippen LogP contribution in [-0.2, 0) is 9.59 Å². The van der Waals surface area contributed by atoms with Crippen molar-refractivity contribution in [3.63, 3.8) is 0 Å². The number of rotatable bonds is 5. The van der Waals surface area contributed by atoms with E-state index in [1.54, 1.807) is 26.4 Å². The molecule has 3 aromatic rings. The average Bonchev–Trinajstić information content (AvgIpc) is 3.55. The van der Waals surface area contributed by atoms with Gasteiger partial charge >= 0.3 is 0 Å². The number of hydrogen-bond acceptors (Lipinski definition) is 4. The summed E-state index contributed by atoms with van der Waals surface area (Å²) in [6.45, 7) is 1.89. The Labute approximate surface area is 221 Å². The maximum atomic E-state index is 13.8. The van der Waals surface area contributed by atoms with Gasteiger partial charge in [-0.15, -0.1) is 0 Å². The molecule has 2 aliphatic carbocycles. The molecule has 0 radical (unpaired) electrons. The van der Waals surface area contributed by atoms with Crippen LogP contribution in [0, 0.1) is 30.6 Å². The molecule has 0 spiro atoms. The van der Waals surface area contributed by atoms with Crippen LogP contribution < -0.4 is 14.4 Å². The Morgan fingerprint density at radius 1 is 0.757 bits per heavy atom. The molecular weight excluding hydrogens is 486 g/mol. The molecule has 0 aromatic heterocycles. The molecule has 5 nitrogen and oxygen atoms in total. The van der Waals surface area contributed by atoms with Gasteiger partial charge in [0.1, 0.15) is 11.5 Å². The molecule has 0 N–H and O–H groups in total. The third-order valence-electron chi connectivity index (χ3n) is 7.87. The molecule has 37 heavy (non-hydrogen) atoms. The SMILES string of the molecule is COc1ccc(C(=C2[C@H]3C=C[C@H]2[C@H]2C(=O)N(c4cc(Cl)ccc4C)C(=O)[C@H]23)c2ccc(OC)cc2)cc1. The predicted octanol–water partition coefficient (Wildman–Crippen LogP) is 6.09. The standard InChI is InChI=1S/C31H26ClNO4/c1-17-4-9-20(32)16-25(17)33-30(34)28-23-14-15-24(29(28)31(33)35)27(23)26(18-5-10-21(36-2)11-6-18)19-7-12-22(37-3)13-8-19/h4-16,23-24,28-29H,1-3H3/t23-,24-,28-,29+/m1/s1. The molecule has 4 atom stereocenters. The lowest BCUT2D eigenvalue weighted by Crippen LogP contribution is -2.33. The normalized spacial score (nSPS) is 23.6. The van der Waals surface area contributed by atoms with Gasteiger partial charge in [0.25, 0.3) is 0 Å². The first-order valence-corrected chi connectivity index (χ1v) is 12.7. The summed E-state index contributed by atoms with van der Waals surface area (Å²) in [5.41, 5.74) is 5.62. The number of benzene rings is 3. The molecule has 1 saturated heterocycles. The van der Waals surface area contributed by atoms with Gasteiger partial charge in [-0.1, -0.05) is 54.1 Å². The van der Waals surface area contributed by atoms with Gasteiger partial charge in [0.2, 0.25) is 11.8 Å². The molecule has 186 valence electrons. The number of nitrogens with zero attached hydrogens (tertiary/aromatic N) is 1. The molecule has 0 unspecified atom stereocenters. The summed E-state index contributed by atoms with van der Waals surface area (Å²) in [7, 11) is 3.29. The second-order valence-electron chi connectivity index (χ2n) is 9.72. The lowest BCUT2D eigenvalue weighted by atomic mass is 9.85. The summed E-state index contributed by atoms with van der Waals surface area (Å²) in [5, 5.41) is 0.501. The van der Waals surface area contributed by atoms with Crippen LogP contribution in [0.4, 0.5) is 5.69 Å². The van der Waals surface area contributed by atoms with Crippen LogP contribution in [0.1, 0.15) is 16.7 Å². The van der Waals surface area contributed by atoms with Crippen molar-refractivity contribution in [2.45, 2.75) is 6.92 Å². The number of aryl methyl sites for hydroxylation is 1. The highest BCUT2D eigenvalue weighted by Gasteiger charge is 2.62. The summed E-state index contributed by atoms with van der Waals surface area (Å²) in [6.07, 6.45) is 4.21. The van der Waals surface area contributed by atoms with Crippen LogP contribution in [0.25, 0.3) is 5.57 Å². The third kappa shape index (κ3) is 3.60. The van der Waals surface area contributed by atoms with Gasteiger partial charge in [-0.3, -0.25) is 9.59 Å². The van der Waals surface area contributed by atoms with Crippen LogP contribution in [-0.4, -0.2) is 26.0 Å². The Balaban J connectivity index is 1.48. The molecule has 1 heterocycles. The van der Waals surface area contributed by atoms with Crippen molar-refractivity contribution in [2.75, 3.05) is 19.1 Å². The van der Waals surface area contributed by atoms with Crippen LogP contribution in [0.2, 0.25) is 5.02 Å². The minimum atomic E-state index is -0.428. The first kappa shape index (κ1) is 23.6. The van der Waals surface area contributed by atoms with Crippen molar-refractivity contribution >= 4 is 34.7 Å². The molecule has 1 saturated carbocycles. The smallest absolute Gasteiger partial charge is 0.238 e. The quantitative estimate of drug-likeness (QED) is 0.307. The molecule has 6 rings (SSSR count). The van der Waals surface area contributed by atoms with Gasteiger partial charge in [-0.05, 0) is 71.2 Å². The summed E-state index contributed by atoms with van der Waals surface area (Å²) in [5.74, 6) is 0.0577. The van der Waals surface area contributed by atoms with Crippen molar-refractivity contribution in [1.82, 2.24) is 0 Å². The third-order valence-corrected chi connectivity index (χ3v) is 8.11. The molecule has 3 aromatic carbocycles. The monoisotopic (exact) mass is 511 g/mol. The zero-order chi connectivity index (χ0) is 25.8. The van der Waals surface area contributed by atoms with Crippen LogP contribution >= 0.6 is 11.6 Å². The van der Waals surface area contributed by atoms with E-state index >= 15 is 0 Å². The maximum absolute atomic E-state index is 13.8. The topological polar surface area (TPSA) is 55.8 Å². The van der Waals surface area contributed by atoms with E-state index in [0.29, 0.717) is 10.7 Å². The number of hydrogen-bond donors (Lipinski definition) is 0. The number of anilines is 1. The van der Waals surface area contributed by atoms with E-state index in [2.05, 4.69) is 12.2 Å². The maximum Gasteiger partial charge on any atom is 0.238 e. The van der Waals surface area contributed by atoms with Gasteiger partial charge in [0.05, 0.1) is 31.7 Å². The highest BCUT2D eigenvalue weighted by atomic mass is 35.5. The predicted molar refractivity (Wildman–Crippen MR) is 144 cm³/mol. The van der Waals surface area contributed by atoms with E-state index in [1.165, 1.54) is 4.90 Å². The molecular formula is C31H26ClNO4. The van der Waals surface area contributed by atoms with Gasteiger partial charge in [0.15, 0.2) is 0 Å². The second kappa shape index (κ2) is 8.93. The average molecular weight is 512 g/mol. The number of carbonyl (C=O) groups excluding carboxylic acids is 2. The number of imide groups is 1. The first-order chi connectivity index (χ1) is 17.9. The fourth-order valence-electron chi connectivity index (χ4n) is 6.17. The number of carbonyl (C=O) groups is 2. The first-order valence-electron chi connectivity index (χ1n) is 12.3. The fraction of sp³-hybridized carbons (Fsp3) is 0.226. The van der Waals surface area contributed by atoms with Crippen molar-refractivity contribution in [3.8, 4) is 11.5 Å². The zero-order valence-electron chi connectivity index (χ0n) is 20.8. The Bertz CT molecular complexity index is 1390. The second-order valence-corrected chi connectivity index (χ2v) is 10.2. The molecule has 6 heteroatoms. The van der Waals surface area contributed by atoms with Gasteiger partial charge in [-0.25, -0.2) is 4.90 Å². The number of fused-ring (bicyclic) bond motifs is 5. The van der Waals surface area contributed by atoms with E-state index in [9.17, 15) is 9.59 Å². The Morgan fingerprint density at radius 3 is 1.70 bits per heavy atom. The summed E-state index contributed by atoms with van der Waals surface area (Å²) < 4.78 is 10.8. The molecule has 2 amide bonds. The summed E-state index contributed by atoms with van der Waals surface area (Å²) >= 11 is 6.24. The van der Waals surface area contributed by atoms with E-state index < -0.39 is 11.8 Å². The van der Waals surface area contributed by atoms with Crippen molar-refractivity contribution < 1.29 is 19.1 Å². The van der Waals surface area contributed by atoms with Crippen LogP contribution in [0.15, 0.2) is 84.5 Å². The Morgan fingerprint density at radius 2 is 1.24 bits per heavy atom. The minimum absolute atomic E-state index is 0.154. The van der Waals surface area contributed by atoms with Gasteiger partial charge in [0, 0.05) is 16.9 Å². The fourth-order valence-corrected chi connectivity index (χ4v) is 6.34. The summed E-state index contributed by atoms with van der Waals surface area (Å²) in [6, 6.07) is 21.2. The van der Waals surface area contributed by atoms with Crippen LogP contribution in [0.5, 0.6) is 11.5 Å². The van der Waals surface area contributed by atoms with E-state index in [0.717, 1.165) is 39.3 Å². The largest absolute Gasteiger partial charge is 0.497 e. The summed E-state index contributed by atoms with van der Waals surface area (Å²) in [4.78, 5) is 29.0. The van der Waals surface area contributed by atoms with Crippen molar-refractivity contribution in [3.05, 3.63) is 106 Å². The van der Waals surface area contributed by atoms with Crippen molar-refractivity contribution in [2.24, 2.45) is 23.7 Å². The zero-order valence-corrected chi connectivity index (χ0v) is 21.5. The number of allylic oxidation sites excluding steroid dienone is 3. The molecule has 3 aliphatic rings. The number of methoxy groups -OCH3 is 2. The number of amides is 2. The number of halogens is 1. The van der Waals surface area contributed by atoms with E-state index in [4.69, 9.17) is 21.1 Å². The number of ether oxygens (including phenoxy) is 2. The lowest BCUT2D eigenvalue weighted by molar-refractivity contribution is -0.122. The molecule has 2 fully saturated rings. The molecule has 2 bridgehead atoms. The van der Waals surface area contributed by atoms with E-state index in [1.807, 2.05) is 61.5 Å². The highest BCUT2D eigenvalue weighted by Crippen LogP contribution is 2.59.